The van der Waals surface area contributed by atoms with Gasteiger partial charge in [0.1, 0.15) is 0 Å². The molecule has 1 amide bonds. The van der Waals surface area contributed by atoms with E-state index >= 15 is 0 Å². The number of nitrogens with zero attached hydrogens (tertiary/aromatic N) is 2. The van der Waals surface area contributed by atoms with Crippen molar-refractivity contribution in [2.45, 2.75) is 6.42 Å². The van der Waals surface area contributed by atoms with Crippen molar-refractivity contribution in [3.8, 4) is 0 Å². The normalized spacial score (nSPS) is 15.4. The van der Waals surface area contributed by atoms with E-state index in [1.54, 1.807) is 4.90 Å². The molecule has 0 radical (unpaired) electrons. The number of carboxylic acid groups (broad SMARTS) is 1. The molecule has 1 saturated heterocycles. The number of hydrogen-bond acceptors (Lipinski definition) is 5. The molecule has 8 heteroatoms. The smallest absolute Gasteiger partial charge is 0.338 e. The molecule has 1 aliphatic rings. The van der Waals surface area contributed by atoms with Gasteiger partial charge in [-0.05, 0) is 6.07 Å². The summed E-state index contributed by atoms with van der Waals surface area (Å²) in [5.41, 5.74) is -0.0108. The molecule has 0 atom stereocenters. The lowest BCUT2D eigenvalue weighted by Gasteiger charge is -2.23. The third-order valence-corrected chi connectivity index (χ3v) is 3.07. The largest absolute Gasteiger partial charge is 0.478 e. The minimum atomic E-state index is -1.23. The molecule has 1 fully saturated rings. The number of nitro groups is 1. The molecule has 0 saturated carbocycles. The number of rotatable bonds is 3. The van der Waals surface area contributed by atoms with Gasteiger partial charge in [0.2, 0.25) is 5.91 Å². The fourth-order valence-electron chi connectivity index (χ4n) is 2.09. The maximum absolute atomic E-state index is 11.3. The van der Waals surface area contributed by atoms with E-state index in [4.69, 9.17) is 0 Å². The third-order valence-electron chi connectivity index (χ3n) is 3.07. The lowest BCUT2D eigenvalue weighted by molar-refractivity contribution is -0.384. The Morgan fingerprint density at radius 1 is 1.40 bits per heavy atom. The molecular formula is C12H13N3O5. The number of hydrogen-bond donors (Lipinski definition) is 2. The highest BCUT2D eigenvalue weighted by molar-refractivity contribution is 5.95. The third kappa shape index (κ3) is 2.85. The lowest BCUT2D eigenvalue weighted by atomic mass is 10.1. The van der Waals surface area contributed by atoms with Crippen molar-refractivity contribution in [2.75, 3.05) is 24.5 Å². The van der Waals surface area contributed by atoms with Crippen LogP contribution >= 0.6 is 0 Å². The number of carbonyl (C=O) groups excluding carboxylic acids is 1. The second-order valence-corrected chi connectivity index (χ2v) is 4.35. The lowest BCUT2D eigenvalue weighted by Crippen LogP contribution is -2.29. The highest BCUT2D eigenvalue weighted by Crippen LogP contribution is 2.26. The number of nitro benzene ring substituents is 1. The van der Waals surface area contributed by atoms with Crippen LogP contribution in [0.3, 0.4) is 0 Å². The maximum atomic E-state index is 11.3. The standard InChI is InChI=1S/C12H13N3O5/c16-11-3-5-14(6-4-13-11)10-2-1-8(15(19)20)7-9(10)12(17)18/h1-2,7H,3-6H2,(H,13,16)(H,17,18). The highest BCUT2D eigenvalue weighted by Gasteiger charge is 2.22. The average Bonchev–Trinajstić information content (AvgIpc) is 2.62. The summed E-state index contributed by atoms with van der Waals surface area (Å²) in [7, 11) is 0. The van der Waals surface area contributed by atoms with Gasteiger partial charge < -0.3 is 15.3 Å². The zero-order chi connectivity index (χ0) is 14.7. The van der Waals surface area contributed by atoms with Crippen LogP contribution in [-0.4, -0.2) is 41.5 Å². The van der Waals surface area contributed by atoms with Crippen molar-refractivity contribution in [3.63, 3.8) is 0 Å². The summed E-state index contributed by atoms with van der Waals surface area (Å²) >= 11 is 0. The number of nitrogens with one attached hydrogen (secondary N) is 1. The van der Waals surface area contributed by atoms with Crippen LogP contribution < -0.4 is 10.2 Å². The molecule has 2 rings (SSSR count). The van der Waals surface area contributed by atoms with E-state index in [1.165, 1.54) is 12.1 Å². The Kier molecular flexibility index (Phi) is 3.83. The first kappa shape index (κ1) is 13.8. The second-order valence-electron chi connectivity index (χ2n) is 4.35. The number of aromatic carboxylic acids is 1. The zero-order valence-corrected chi connectivity index (χ0v) is 10.5. The zero-order valence-electron chi connectivity index (χ0n) is 10.5. The van der Waals surface area contributed by atoms with Crippen LogP contribution in [0.5, 0.6) is 0 Å². The van der Waals surface area contributed by atoms with Crippen LogP contribution in [0.1, 0.15) is 16.8 Å². The van der Waals surface area contributed by atoms with Crippen molar-refractivity contribution in [2.24, 2.45) is 0 Å². The minimum absolute atomic E-state index is 0.0914. The quantitative estimate of drug-likeness (QED) is 0.619. The van der Waals surface area contributed by atoms with Gasteiger partial charge in [-0.1, -0.05) is 0 Å². The fourth-order valence-corrected chi connectivity index (χ4v) is 2.09. The van der Waals surface area contributed by atoms with Crippen molar-refractivity contribution in [1.29, 1.82) is 0 Å². The van der Waals surface area contributed by atoms with Crippen LogP contribution in [0.2, 0.25) is 0 Å². The first-order valence-electron chi connectivity index (χ1n) is 6.02. The summed E-state index contributed by atoms with van der Waals surface area (Å²) in [4.78, 5) is 34.3. The Balaban J connectivity index is 2.37. The van der Waals surface area contributed by atoms with E-state index in [-0.39, 0.29) is 23.6 Å². The maximum Gasteiger partial charge on any atom is 0.338 e. The molecule has 106 valence electrons. The van der Waals surface area contributed by atoms with Gasteiger partial charge in [-0.15, -0.1) is 0 Å². The van der Waals surface area contributed by atoms with E-state index < -0.39 is 10.9 Å². The van der Waals surface area contributed by atoms with Gasteiger partial charge in [0, 0.05) is 38.2 Å². The molecule has 8 nitrogen and oxygen atoms in total. The monoisotopic (exact) mass is 279 g/mol. The molecule has 0 spiro atoms. The van der Waals surface area contributed by atoms with Crippen LogP contribution in [0.25, 0.3) is 0 Å². The summed E-state index contributed by atoms with van der Waals surface area (Å²) in [5.74, 6) is -1.32. The Morgan fingerprint density at radius 2 is 2.15 bits per heavy atom. The molecule has 0 aliphatic carbocycles. The van der Waals surface area contributed by atoms with Crippen molar-refractivity contribution < 1.29 is 19.6 Å². The van der Waals surface area contributed by atoms with Crippen molar-refractivity contribution >= 4 is 23.3 Å². The van der Waals surface area contributed by atoms with Crippen LogP contribution in [-0.2, 0) is 4.79 Å². The summed E-state index contributed by atoms with van der Waals surface area (Å²) in [6.45, 7) is 1.25. The van der Waals surface area contributed by atoms with Crippen molar-refractivity contribution in [1.82, 2.24) is 5.32 Å². The van der Waals surface area contributed by atoms with Crippen LogP contribution in [0.15, 0.2) is 18.2 Å². The summed E-state index contributed by atoms with van der Waals surface area (Å²) in [5, 5.41) is 22.6. The number of anilines is 1. The van der Waals surface area contributed by atoms with E-state index in [9.17, 15) is 24.8 Å². The number of non-ortho nitro benzene ring substituents is 1. The number of benzene rings is 1. The molecule has 0 bridgehead atoms. The fraction of sp³-hybridized carbons (Fsp3) is 0.333. The van der Waals surface area contributed by atoms with E-state index in [0.717, 1.165) is 6.07 Å². The molecule has 1 aliphatic heterocycles. The topological polar surface area (TPSA) is 113 Å². The number of carbonyl (C=O) groups is 2. The molecule has 1 aromatic rings. The minimum Gasteiger partial charge on any atom is -0.478 e. The second kappa shape index (κ2) is 5.55. The van der Waals surface area contributed by atoms with Gasteiger partial charge in [0.25, 0.3) is 5.69 Å². The molecule has 20 heavy (non-hydrogen) atoms. The molecule has 0 aromatic heterocycles. The van der Waals surface area contributed by atoms with Crippen LogP contribution in [0, 0.1) is 10.1 Å². The Bertz CT molecular complexity index is 572. The number of amides is 1. The van der Waals surface area contributed by atoms with Gasteiger partial charge in [-0.25, -0.2) is 4.79 Å². The Hall–Kier alpha value is -2.64. The van der Waals surface area contributed by atoms with E-state index in [0.29, 0.717) is 25.3 Å². The first-order valence-corrected chi connectivity index (χ1v) is 6.02. The molecule has 0 unspecified atom stereocenters. The summed E-state index contributed by atoms with van der Waals surface area (Å²) < 4.78 is 0. The summed E-state index contributed by atoms with van der Waals surface area (Å²) in [6, 6.07) is 3.72. The Morgan fingerprint density at radius 3 is 2.80 bits per heavy atom. The SMILES string of the molecule is O=C1CCN(c2ccc([N+](=O)[O-])cc2C(=O)O)CCN1. The van der Waals surface area contributed by atoms with Crippen molar-refractivity contribution in [3.05, 3.63) is 33.9 Å². The van der Waals surface area contributed by atoms with Gasteiger partial charge in [0.15, 0.2) is 0 Å². The van der Waals surface area contributed by atoms with Gasteiger partial charge in [-0.2, -0.15) is 0 Å². The first-order chi connectivity index (χ1) is 9.49. The summed E-state index contributed by atoms with van der Waals surface area (Å²) in [6.07, 6.45) is 0.260. The average molecular weight is 279 g/mol. The van der Waals surface area contributed by atoms with Gasteiger partial charge >= 0.3 is 5.97 Å². The number of carboxylic acids is 1. The molecule has 1 heterocycles. The molecule has 1 aromatic carbocycles. The van der Waals surface area contributed by atoms with E-state index in [1.807, 2.05) is 0 Å². The highest BCUT2D eigenvalue weighted by atomic mass is 16.6. The predicted octanol–water partition coefficient (Wildman–Crippen LogP) is 0.619. The van der Waals surface area contributed by atoms with Gasteiger partial charge in [0.05, 0.1) is 16.2 Å². The predicted molar refractivity (Wildman–Crippen MR) is 69.9 cm³/mol. The van der Waals surface area contributed by atoms with Crippen LogP contribution in [0.4, 0.5) is 11.4 Å². The van der Waals surface area contributed by atoms with Gasteiger partial charge in [-0.3, -0.25) is 14.9 Å². The van der Waals surface area contributed by atoms with E-state index in [2.05, 4.69) is 5.32 Å². The molecular weight excluding hydrogens is 266 g/mol. The Labute approximate surface area is 114 Å². The molecule has 2 N–H and O–H groups in total.